The quantitative estimate of drug-likeness (QED) is 0.841. The fourth-order valence-electron chi connectivity index (χ4n) is 2.42. The molecule has 0 amide bonds. The van der Waals surface area contributed by atoms with Gasteiger partial charge < -0.3 is 14.5 Å². The standard InChI is InChI=1S/C17H25NO2/c1-6-11(2)12(3)18-13(4)16-10-14-8-7-9-15(19-5)17(14)20-16/h7-13,18H,6H2,1-5H3. The molecule has 0 aliphatic heterocycles. The van der Waals surface area contributed by atoms with Crippen molar-refractivity contribution in [2.45, 2.75) is 46.2 Å². The highest BCUT2D eigenvalue weighted by molar-refractivity contribution is 5.83. The van der Waals surface area contributed by atoms with Gasteiger partial charge in [-0.2, -0.15) is 0 Å². The summed E-state index contributed by atoms with van der Waals surface area (Å²) in [5.41, 5.74) is 0.829. The molecule has 1 aromatic heterocycles. The smallest absolute Gasteiger partial charge is 0.176 e. The molecule has 20 heavy (non-hydrogen) atoms. The van der Waals surface area contributed by atoms with Crippen molar-refractivity contribution < 1.29 is 9.15 Å². The summed E-state index contributed by atoms with van der Waals surface area (Å²) >= 11 is 0. The number of nitrogens with one attached hydrogen (secondary N) is 1. The minimum absolute atomic E-state index is 0.191. The lowest BCUT2D eigenvalue weighted by Crippen LogP contribution is -2.33. The van der Waals surface area contributed by atoms with E-state index in [4.69, 9.17) is 9.15 Å². The first-order chi connectivity index (χ1) is 9.56. The van der Waals surface area contributed by atoms with Crippen molar-refractivity contribution in [3.05, 3.63) is 30.0 Å². The Hall–Kier alpha value is -1.48. The highest BCUT2D eigenvalue weighted by Gasteiger charge is 2.18. The Morgan fingerprint density at radius 3 is 2.65 bits per heavy atom. The summed E-state index contributed by atoms with van der Waals surface area (Å²) in [6.45, 7) is 8.86. The summed E-state index contributed by atoms with van der Waals surface area (Å²) in [5, 5.41) is 4.70. The Bertz CT molecular complexity index is 561. The second-order valence-electron chi connectivity index (χ2n) is 5.59. The van der Waals surface area contributed by atoms with Crippen LogP contribution in [0.2, 0.25) is 0 Å². The first-order valence-electron chi connectivity index (χ1n) is 7.39. The molecule has 3 nitrogen and oxygen atoms in total. The van der Waals surface area contributed by atoms with Crippen LogP contribution in [-0.4, -0.2) is 13.2 Å². The van der Waals surface area contributed by atoms with Gasteiger partial charge in [0.05, 0.1) is 13.2 Å². The minimum atomic E-state index is 0.191. The number of methoxy groups -OCH3 is 1. The molecule has 2 rings (SSSR count). The summed E-state index contributed by atoms with van der Waals surface area (Å²) in [6, 6.07) is 8.71. The second-order valence-corrected chi connectivity index (χ2v) is 5.59. The molecule has 0 fully saturated rings. The van der Waals surface area contributed by atoms with Gasteiger partial charge in [0.15, 0.2) is 11.3 Å². The molecule has 0 saturated heterocycles. The van der Waals surface area contributed by atoms with E-state index in [9.17, 15) is 0 Å². The maximum atomic E-state index is 5.98. The van der Waals surface area contributed by atoms with Crippen LogP contribution < -0.4 is 10.1 Å². The van der Waals surface area contributed by atoms with Gasteiger partial charge in [-0.3, -0.25) is 0 Å². The van der Waals surface area contributed by atoms with E-state index in [1.54, 1.807) is 7.11 Å². The van der Waals surface area contributed by atoms with Gasteiger partial charge in [0, 0.05) is 11.4 Å². The number of fused-ring (bicyclic) bond motifs is 1. The molecule has 3 atom stereocenters. The molecule has 0 aliphatic rings. The maximum Gasteiger partial charge on any atom is 0.176 e. The van der Waals surface area contributed by atoms with Crippen LogP contribution in [0.3, 0.4) is 0 Å². The number of para-hydroxylation sites is 1. The molecule has 3 unspecified atom stereocenters. The van der Waals surface area contributed by atoms with Crippen LogP contribution in [0.1, 0.15) is 45.9 Å². The van der Waals surface area contributed by atoms with Crippen molar-refractivity contribution in [1.29, 1.82) is 0 Å². The molecule has 110 valence electrons. The predicted molar refractivity (Wildman–Crippen MR) is 83.2 cm³/mol. The molecule has 1 aromatic carbocycles. The van der Waals surface area contributed by atoms with Crippen molar-refractivity contribution in [3.8, 4) is 5.75 Å². The molecule has 2 aromatic rings. The molecule has 1 heterocycles. The molecule has 0 aliphatic carbocycles. The van der Waals surface area contributed by atoms with Crippen LogP contribution >= 0.6 is 0 Å². The number of furan rings is 1. The Morgan fingerprint density at radius 2 is 2.00 bits per heavy atom. The van der Waals surface area contributed by atoms with Crippen LogP contribution in [0.5, 0.6) is 5.75 Å². The molecule has 0 bridgehead atoms. The lowest BCUT2D eigenvalue weighted by molar-refractivity contribution is 0.335. The van der Waals surface area contributed by atoms with Crippen LogP contribution in [-0.2, 0) is 0 Å². The highest BCUT2D eigenvalue weighted by Crippen LogP contribution is 2.31. The zero-order valence-corrected chi connectivity index (χ0v) is 13.1. The van der Waals surface area contributed by atoms with Crippen LogP contribution in [0, 0.1) is 5.92 Å². The normalized spacial score (nSPS) is 16.1. The van der Waals surface area contributed by atoms with E-state index in [1.165, 1.54) is 6.42 Å². The van der Waals surface area contributed by atoms with Gasteiger partial charge >= 0.3 is 0 Å². The average molecular weight is 275 g/mol. The van der Waals surface area contributed by atoms with Gasteiger partial charge in [0.25, 0.3) is 0 Å². The third kappa shape index (κ3) is 2.98. The summed E-state index contributed by atoms with van der Waals surface area (Å²) in [6.07, 6.45) is 1.18. The summed E-state index contributed by atoms with van der Waals surface area (Å²) < 4.78 is 11.3. The third-order valence-electron chi connectivity index (χ3n) is 4.18. The molecule has 0 spiro atoms. The van der Waals surface area contributed by atoms with Gasteiger partial charge in [-0.15, -0.1) is 0 Å². The van der Waals surface area contributed by atoms with Crippen molar-refractivity contribution in [3.63, 3.8) is 0 Å². The maximum absolute atomic E-state index is 5.98. The van der Waals surface area contributed by atoms with Crippen molar-refractivity contribution in [2.75, 3.05) is 7.11 Å². The lowest BCUT2D eigenvalue weighted by Gasteiger charge is -2.23. The SMILES string of the molecule is CCC(C)C(C)NC(C)c1cc2cccc(OC)c2o1. The Morgan fingerprint density at radius 1 is 1.25 bits per heavy atom. The predicted octanol–water partition coefficient (Wildman–Crippen LogP) is 4.53. The van der Waals surface area contributed by atoms with Gasteiger partial charge in [0.1, 0.15) is 5.76 Å². The van der Waals surface area contributed by atoms with Crippen LogP contribution in [0.4, 0.5) is 0 Å². The number of ether oxygens (including phenoxy) is 1. The summed E-state index contributed by atoms with van der Waals surface area (Å²) in [4.78, 5) is 0. The van der Waals surface area contributed by atoms with E-state index < -0.39 is 0 Å². The monoisotopic (exact) mass is 275 g/mol. The van der Waals surface area contributed by atoms with Crippen molar-refractivity contribution in [1.82, 2.24) is 5.32 Å². The Balaban J connectivity index is 2.20. The van der Waals surface area contributed by atoms with Crippen LogP contribution in [0.25, 0.3) is 11.0 Å². The van der Waals surface area contributed by atoms with E-state index in [0.29, 0.717) is 12.0 Å². The number of hydrogen-bond donors (Lipinski definition) is 1. The zero-order chi connectivity index (χ0) is 14.7. The van der Waals surface area contributed by atoms with Gasteiger partial charge in [-0.05, 0) is 31.9 Å². The van der Waals surface area contributed by atoms with E-state index in [-0.39, 0.29) is 6.04 Å². The molecule has 3 heteroatoms. The fourth-order valence-corrected chi connectivity index (χ4v) is 2.42. The van der Waals surface area contributed by atoms with E-state index in [0.717, 1.165) is 22.5 Å². The van der Waals surface area contributed by atoms with Gasteiger partial charge in [0.2, 0.25) is 0 Å². The fraction of sp³-hybridized carbons (Fsp3) is 0.529. The highest BCUT2D eigenvalue weighted by atomic mass is 16.5. The van der Waals surface area contributed by atoms with E-state index in [1.807, 2.05) is 12.1 Å². The lowest BCUT2D eigenvalue weighted by atomic mass is 10.00. The van der Waals surface area contributed by atoms with Crippen molar-refractivity contribution in [2.24, 2.45) is 5.92 Å². The number of hydrogen-bond acceptors (Lipinski definition) is 3. The first-order valence-corrected chi connectivity index (χ1v) is 7.39. The first kappa shape index (κ1) is 14.9. The van der Waals surface area contributed by atoms with Crippen LogP contribution in [0.15, 0.2) is 28.7 Å². The Kier molecular flexibility index (Phi) is 4.71. The van der Waals surface area contributed by atoms with Crippen molar-refractivity contribution >= 4 is 11.0 Å². The second kappa shape index (κ2) is 6.31. The summed E-state index contributed by atoms with van der Waals surface area (Å²) in [5.74, 6) is 2.40. The molecule has 1 N–H and O–H groups in total. The minimum Gasteiger partial charge on any atom is -0.493 e. The topological polar surface area (TPSA) is 34.4 Å². The van der Waals surface area contributed by atoms with Gasteiger partial charge in [-0.1, -0.05) is 32.4 Å². The molecule has 0 saturated carbocycles. The Labute approximate surface area is 121 Å². The average Bonchev–Trinajstić information content (AvgIpc) is 2.90. The number of benzene rings is 1. The van der Waals surface area contributed by atoms with E-state index >= 15 is 0 Å². The molecular formula is C17H25NO2. The van der Waals surface area contributed by atoms with Gasteiger partial charge in [-0.25, -0.2) is 0 Å². The molecule has 0 radical (unpaired) electrons. The summed E-state index contributed by atoms with van der Waals surface area (Å²) in [7, 11) is 1.67. The van der Waals surface area contributed by atoms with E-state index in [2.05, 4.69) is 45.1 Å². The number of rotatable bonds is 6. The molecular weight excluding hydrogens is 250 g/mol. The zero-order valence-electron chi connectivity index (χ0n) is 13.1. The third-order valence-corrected chi connectivity index (χ3v) is 4.18. The largest absolute Gasteiger partial charge is 0.493 e.